The van der Waals surface area contributed by atoms with Crippen molar-refractivity contribution in [3.8, 4) is 11.3 Å². The quantitative estimate of drug-likeness (QED) is 0.883. The van der Waals surface area contributed by atoms with E-state index in [-0.39, 0.29) is 6.61 Å². The van der Waals surface area contributed by atoms with Gasteiger partial charge >= 0.3 is 0 Å². The molecule has 6 heteroatoms. The third-order valence-electron chi connectivity index (χ3n) is 2.31. The summed E-state index contributed by atoms with van der Waals surface area (Å²) < 4.78 is 0. The van der Waals surface area contributed by atoms with Gasteiger partial charge in [-0.15, -0.1) is 10.2 Å². The van der Waals surface area contributed by atoms with Crippen LogP contribution >= 0.6 is 11.6 Å². The van der Waals surface area contributed by atoms with Crippen molar-refractivity contribution in [2.45, 2.75) is 6.92 Å². The van der Waals surface area contributed by atoms with E-state index < -0.39 is 0 Å². The van der Waals surface area contributed by atoms with Crippen molar-refractivity contribution in [2.24, 2.45) is 0 Å². The van der Waals surface area contributed by atoms with E-state index in [4.69, 9.17) is 16.7 Å². The number of hydrogen-bond donors (Lipinski definition) is 2. The molecule has 0 fully saturated rings. The predicted octanol–water partition coefficient (Wildman–Crippen LogP) is 1.90. The number of aliphatic hydroxyl groups is 1. The van der Waals surface area contributed by atoms with Crippen LogP contribution in [0.5, 0.6) is 0 Å². The average Bonchev–Trinajstić information content (AvgIpc) is 2.38. The highest BCUT2D eigenvalue weighted by Gasteiger charge is 2.09. The molecule has 0 radical (unpaired) electrons. The smallest absolute Gasteiger partial charge is 0.156 e. The Morgan fingerprint density at radius 3 is 2.61 bits per heavy atom. The zero-order valence-electron chi connectivity index (χ0n) is 9.89. The Morgan fingerprint density at radius 1 is 1.22 bits per heavy atom. The maximum Gasteiger partial charge on any atom is 0.156 e. The minimum absolute atomic E-state index is 0.0309. The van der Waals surface area contributed by atoms with E-state index >= 15 is 0 Å². The highest BCUT2D eigenvalue weighted by molar-refractivity contribution is 6.30. The van der Waals surface area contributed by atoms with Gasteiger partial charge < -0.3 is 10.4 Å². The molecular weight excluding hydrogens is 252 g/mol. The number of rotatable bonds is 4. The van der Waals surface area contributed by atoms with Gasteiger partial charge in [-0.3, -0.25) is 0 Å². The Hall–Kier alpha value is -1.72. The van der Waals surface area contributed by atoms with Crippen LogP contribution in [0.1, 0.15) is 5.82 Å². The fraction of sp³-hybridized carbons (Fsp3) is 0.250. The molecule has 2 rings (SSSR count). The first kappa shape index (κ1) is 12.7. The number of aliphatic hydroxyl groups excluding tert-OH is 1. The predicted molar refractivity (Wildman–Crippen MR) is 70.6 cm³/mol. The van der Waals surface area contributed by atoms with Gasteiger partial charge in [-0.2, -0.15) is 0 Å². The lowest BCUT2D eigenvalue weighted by Gasteiger charge is -2.09. The van der Waals surface area contributed by atoms with E-state index in [1.807, 2.05) is 12.1 Å². The third-order valence-corrected chi connectivity index (χ3v) is 2.57. The van der Waals surface area contributed by atoms with Crippen molar-refractivity contribution in [1.29, 1.82) is 0 Å². The van der Waals surface area contributed by atoms with Crippen LogP contribution in [0.25, 0.3) is 11.3 Å². The second-order valence-corrected chi connectivity index (χ2v) is 4.15. The molecule has 0 saturated heterocycles. The Balaban J connectivity index is 2.39. The molecule has 1 aromatic carbocycles. The van der Waals surface area contributed by atoms with Crippen molar-refractivity contribution >= 4 is 17.4 Å². The first-order valence-corrected chi connectivity index (χ1v) is 5.90. The van der Waals surface area contributed by atoms with Gasteiger partial charge in [0.1, 0.15) is 11.5 Å². The molecule has 0 spiro atoms. The second-order valence-electron chi connectivity index (χ2n) is 3.71. The Labute approximate surface area is 110 Å². The molecule has 0 aliphatic heterocycles. The van der Waals surface area contributed by atoms with E-state index in [0.717, 1.165) is 5.56 Å². The molecule has 0 amide bonds. The van der Waals surface area contributed by atoms with Crippen molar-refractivity contribution < 1.29 is 5.11 Å². The molecule has 0 aliphatic rings. The van der Waals surface area contributed by atoms with Gasteiger partial charge in [0.05, 0.1) is 6.61 Å². The summed E-state index contributed by atoms with van der Waals surface area (Å²) in [6, 6.07) is 7.28. The molecule has 1 aromatic heterocycles. The summed E-state index contributed by atoms with van der Waals surface area (Å²) in [7, 11) is 0. The molecular formula is C12H13ClN4O. The largest absolute Gasteiger partial charge is 0.395 e. The maximum atomic E-state index is 8.85. The zero-order valence-corrected chi connectivity index (χ0v) is 10.6. The number of anilines is 1. The molecule has 5 nitrogen and oxygen atoms in total. The summed E-state index contributed by atoms with van der Waals surface area (Å²) in [6.07, 6.45) is 0. The first-order valence-electron chi connectivity index (χ1n) is 5.52. The van der Waals surface area contributed by atoms with E-state index in [1.54, 1.807) is 19.1 Å². The minimum atomic E-state index is 0.0309. The number of hydrogen-bond acceptors (Lipinski definition) is 5. The minimum Gasteiger partial charge on any atom is -0.395 e. The zero-order chi connectivity index (χ0) is 13.0. The lowest BCUT2D eigenvalue weighted by Crippen LogP contribution is -2.10. The topological polar surface area (TPSA) is 70.9 Å². The molecule has 0 bridgehead atoms. The molecule has 0 aliphatic carbocycles. The van der Waals surface area contributed by atoms with Crippen molar-refractivity contribution in [3.05, 3.63) is 35.1 Å². The van der Waals surface area contributed by atoms with Crippen LogP contribution in [-0.2, 0) is 0 Å². The lowest BCUT2D eigenvalue weighted by atomic mass is 10.1. The Kier molecular flexibility index (Phi) is 4.07. The van der Waals surface area contributed by atoms with Gasteiger partial charge in [0, 0.05) is 17.1 Å². The summed E-state index contributed by atoms with van der Waals surface area (Å²) in [4.78, 5) is 4.28. The van der Waals surface area contributed by atoms with E-state index in [0.29, 0.717) is 28.9 Å². The van der Waals surface area contributed by atoms with Crippen molar-refractivity contribution in [3.63, 3.8) is 0 Å². The molecule has 0 unspecified atom stereocenters. The number of nitrogens with zero attached hydrogens (tertiary/aromatic N) is 3. The van der Waals surface area contributed by atoms with Gasteiger partial charge in [-0.05, 0) is 19.1 Å². The molecule has 2 aromatic rings. The lowest BCUT2D eigenvalue weighted by molar-refractivity contribution is 0.311. The van der Waals surface area contributed by atoms with Gasteiger partial charge in [0.2, 0.25) is 0 Å². The van der Waals surface area contributed by atoms with Crippen molar-refractivity contribution in [1.82, 2.24) is 15.2 Å². The second kappa shape index (κ2) is 5.75. The van der Waals surface area contributed by atoms with Gasteiger partial charge in [-0.1, -0.05) is 23.7 Å². The van der Waals surface area contributed by atoms with Crippen LogP contribution in [0, 0.1) is 6.92 Å². The SMILES string of the molecule is Cc1nnc(-c2ccc(Cl)cc2)c(NCCO)n1. The summed E-state index contributed by atoms with van der Waals surface area (Å²) in [5.41, 5.74) is 1.52. The molecule has 0 saturated carbocycles. The third kappa shape index (κ3) is 2.94. The summed E-state index contributed by atoms with van der Waals surface area (Å²) in [5, 5.41) is 20.6. The van der Waals surface area contributed by atoms with E-state index in [9.17, 15) is 0 Å². The number of halogens is 1. The monoisotopic (exact) mass is 264 g/mol. The number of benzene rings is 1. The molecule has 94 valence electrons. The van der Waals surface area contributed by atoms with E-state index in [2.05, 4.69) is 20.5 Å². The van der Waals surface area contributed by atoms with Crippen LogP contribution < -0.4 is 5.32 Å². The number of aromatic nitrogens is 3. The number of aryl methyl sites for hydroxylation is 1. The molecule has 0 atom stereocenters. The van der Waals surface area contributed by atoms with Gasteiger partial charge in [-0.25, -0.2) is 4.98 Å². The molecule has 18 heavy (non-hydrogen) atoms. The highest BCUT2D eigenvalue weighted by atomic mass is 35.5. The first-order chi connectivity index (χ1) is 8.70. The van der Waals surface area contributed by atoms with Crippen LogP contribution in [-0.4, -0.2) is 33.4 Å². The molecule has 2 N–H and O–H groups in total. The fourth-order valence-electron chi connectivity index (χ4n) is 1.51. The van der Waals surface area contributed by atoms with Crippen LogP contribution in [0.4, 0.5) is 5.82 Å². The fourth-order valence-corrected chi connectivity index (χ4v) is 1.63. The summed E-state index contributed by atoms with van der Waals surface area (Å²) >= 11 is 5.85. The van der Waals surface area contributed by atoms with Gasteiger partial charge in [0.25, 0.3) is 0 Å². The normalized spacial score (nSPS) is 10.4. The van der Waals surface area contributed by atoms with Crippen LogP contribution in [0.3, 0.4) is 0 Å². The van der Waals surface area contributed by atoms with E-state index in [1.165, 1.54) is 0 Å². The summed E-state index contributed by atoms with van der Waals surface area (Å²) in [5.74, 6) is 1.19. The van der Waals surface area contributed by atoms with Crippen molar-refractivity contribution in [2.75, 3.05) is 18.5 Å². The van der Waals surface area contributed by atoms with Gasteiger partial charge in [0.15, 0.2) is 5.82 Å². The average molecular weight is 265 g/mol. The van der Waals surface area contributed by atoms with Crippen LogP contribution in [0.15, 0.2) is 24.3 Å². The molecule has 1 heterocycles. The maximum absolute atomic E-state index is 8.85. The Morgan fingerprint density at radius 2 is 1.94 bits per heavy atom. The standard InChI is InChI=1S/C12H13ClN4O/c1-8-15-12(14-6-7-18)11(17-16-8)9-2-4-10(13)5-3-9/h2-5,18H,6-7H2,1H3,(H,14,15,16). The summed E-state index contributed by atoms with van der Waals surface area (Å²) in [6.45, 7) is 2.21. The van der Waals surface area contributed by atoms with Crippen LogP contribution in [0.2, 0.25) is 5.02 Å². The number of nitrogens with one attached hydrogen (secondary N) is 1. The highest BCUT2D eigenvalue weighted by Crippen LogP contribution is 2.24. The Bertz CT molecular complexity index is 530.